The second-order valence-electron chi connectivity index (χ2n) is 22.8. The fourth-order valence-corrected chi connectivity index (χ4v) is 10.4. The molecule has 0 fully saturated rings. The summed E-state index contributed by atoms with van der Waals surface area (Å²) in [6.07, 6.45) is 64.7. The van der Waals surface area contributed by atoms with Gasteiger partial charge in [-0.1, -0.05) is 309 Å². The summed E-state index contributed by atoms with van der Waals surface area (Å²) in [4.78, 5) is 23.1. The van der Waals surface area contributed by atoms with E-state index in [-0.39, 0.29) is 25.8 Å². The number of hydrogen-bond acceptors (Lipinski definition) is 6. The Kier molecular flexibility index (Phi) is 54.4. The first-order valence-corrected chi connectivity index (χ1v) is 32.8. The molecule has 0 aromatic carbocycles. The van der Waals surface area contributed by atoms with Gasteiger partial charge >= 0.3 is 13.8 Å². The normalized spacial score (nSPS) is 13.3. The molecule has 0 saturated carbocycles. The van der Waals surface area contributed by atoms with Gasteiger partial charge in [0, 0.05) is 13.0 Å². The van der Waals surface area contributed by atoms with E-state index in [2.05, 4.69) is 13.8 Å². The van der Waals surface area contributed by atoms with Gasteiger partial charge in [-0.25, -0.2) is 4.57 Å². The van der Waals surface area contributed by atoms with Gasteiger partial charge < -0.3 is 18.9 Å². The molecule has 0 aromatic heterocycles. The second-order valence-corrected chi connectivity index (χ2v) is 24.3. The minimum absolute atomic E-state index is 0.0946. The molecule has 0 bridgehead atoms. The van der Waals surface area contributed by atoms with Crippen LogP contribution in [0.15, 0.2) is 0 Å². The highest BCUT2D eigenvalue weighted by Gasteiger charge is 2.26. The molecule has 2 atom stereocenters. The van der Waals surface area contributed by atoms with Crippen molar-refractivity contribution in [3.8, 4) is 0 Å². The lowest BCUT2D eigenvalue weighted by Crippen LogP contribution is -2.37. The lowest BCUT2D eigenvalue weighted by molar-refractivity contribution is -0.870. The lowest BCUT2D eigenvalue weighted by atomic mass is 10.0. The van der Waals surface area contributed by atoms with Crippen LogP contribution < -0.4 is 0 Å². The minimum atomic E-state index is -4.28. The molecule has 0 amide bonds. The number of esters is 1. The number of carbonyl (C=O) groups is 1. The molecule has 0 aliphatic rings. The Bertz CT molecular complexity index is 1090. The quantitative estimate of drug-likeness (QED) is 0.0281. The van der Waals surface area contributed by atoms with Crippen molar-refractivity contribution >= 4 is 13.8 Å². The third-order valence-corrected chi connectivity index (χ3v) is 15.4. The summed E-state index contributed by atoms with van der Waals surface area (Å²) in [5.41, 5.74) is 0. The smallest absolute Gasteiger partial charge is 0.457 e. The zero-order chi connectivity index (χ0) is 51.2. The Hall–Kier alpha value is -0.500. The second kappa shape index (κ2) is 54.8. The Morgan fingerprint density at radius 1 is 0.386 bits per heavy atom. The molecule has 2 unspecified atom stereocenters. The fourth-order valence-electron chi connectivity index (χ4n) is 9.62. The fraction of sp³-hybridized carbons (Fsp3) is 0.984. The van der Waals surface area contributed by atoms with Crippen molar-refractivity contribution in [1.29, 1.82) is 0 Å². The molecular formula is C61H125NO7P+. The van der Waals surface area contributed by atoms with Crippen LogP contribution in [0.1, 0.15) is 328 Å². The Balaban J connectivity index is 3.95. The largest absolute Gasteiger partial charge is 0.472 e. The van der Waals surface area contributed by atoms with Crippen molar-refractivity contribution in [3.63, 3.8) is 0 Å². The first-order chi connectivity index (χ1) is 34.1. The molecule has 8 nitrogen and oxygen atoms in total. The van der Waals surface area contributed by atoms with Crippen molar-refractivity contribution in [1.82, 2.24) is 0 Å². The average Bonchev–Trinajstić information content (AvgIpc) is 3.32. The number of carbonyl (C=O) groups excluding carboxylic acids is 1. The zero-order valence-electron chi connectivity index (χ0n) is 48.1. The first kappa shape index (κ1) is 69.5. The van der Waals surface area contributed by atoms with Crippen molar-refractivity contribution < 1.29 is 37.3 Å². The summed E-state index contributed by atoms with van der Waals surface area (Å²) in [7, 11) is 1.70. The molecule has 1 N–H and O–H groups in total. The Morgan fingerprint density at radius 3 is 0.943 bits per heavy atom. The zero-order valence-corrected chi connectivity index (χ0v) is 48.9. The third-order valence-electron chi connectivity index (χ3n) is 14.4. The number of unbranched alkanes of at least 4 members (excludes halogenated alkanes) is 46. The number of phosphoric ester groups is 1. The van der Waals surface area contributed by atoms with Gasteiger partial charge in [-0.2, -0.15) is 0 Å². The van der Waals surface area contributed by atoms with Crippen molar-refractivity contribution in [2.45, 2.75) is 335 Å². The van der Waals surface area contributed by atoms with Crippen LogP contribution in [-0.4, -0.2) is 75.6 Å². The molecule has 0 aliphatic heterocycles. The summed E-state index contributed by atoms with van der Waals surface area (Å²) in [6.45, 7) is 5.73. The number of nitrogens with zero attached hydrogens (tertiary/aromatic N) is 1. The maximum absolute atomic E-state index is 12.8. The number of hydrogen-bond donors (Lipinski definition) is 1. The van der Waals surface area contributed by atoms with Gasteiger partial charge in [0.05, 0.1) is 34.4 Å². The predicted molar refractivity (Wildman–Crippen MR) is 303 cm³/mol. The number of likely N-dealkylation sites (N-methyl/N-ethyl adjacent to an activating group) is 1. The van der Waals surface area contributed by atoms with Crippen LogP contribution >= 0.6 is 7.82 Å². The van der Waals surface area contributed by atoms with Gasteiger partial charge in [0.1, 0.15) is 19.3 Å². The molecule has 70 heavy (non-hydrogen) atoms. The van der Waals surface area contributed by atoms with Crippen molar-refractivity contribution in [2.24, 2.45) is 0 Å². The highest BCUT2D eigenvalue weighted by atomic mass is 31.2. The SMILES string of the molecule is CCCCCCCCCCCCCCCCCCCCCCCCCCCCOCC(COP(=O)(O)OCC[N+](C)(C)C)OC(=O)CCCCCCCCCCCCCCCCCCCCCCCC. The van der Waals surface area contributed by atoms with Crippen LogP contribution in [-0.2, 0) is 27.9 Å². The molecule has 0 saturated heterocycles. The Labute approximate surface area is 438 Å². The van der Waals surface area contributed by atoms with Crippen LogP contribution in [0.25, 0.3) is 0 Å². The topological polar surface area (TPSA) is 91.3 Å². The molecular weight excluding hydrogens is 890 g/mol. The van der Waals surface area contributed by atoms with Gasteiger partial charge in [0.25, 0.3) is 0 Å². The van der Waals surface area contributed by atoms with E-state index in [4.69, 9.17) is 18.5 Å². The van der Waals surface area contributed by atoms with Gasteiger partial charge in [-0.05, 0) is 12.8 Å². The number of ether oxygens (including phenoxy) is 2. The van der Waals surface area contributed by atoms with E-state index < -0.39 is 13.9 Å². The van der Waals surface area contributed by atoms with Gasteiger partial charge in [-0.3, -0.25) is 13.8 Å². The van der Waals surface area contributed by atoms with E-state index in [1.807, 2.05) is 21.1 Å². The van der Waals surface area contributed by atoms with Crippen LogP contribution in [0.5, 0.6) is 0 Å². The van der Waals surface area contributed by atoms with Crippen molar-refractivity contribution in [2.75, 3.05) is 54.1 Å². The van der Waals surface area contributed by atoms with E-state index in [0.717, 1.165) is 32.1 Å². The van der Waals surface area contributed by atoms with E-state index in [9.17, 15) is 14.3 Å². The molecule has 420 valence electrons. The lowest BCUT2D eigenvalue weighted by Gasteiger charge is -2.24. The Morgan fingerprint density at radius 2 is 0.657 bits per heavy atom. The monoisotopic (exact) mass is 1010 g/mol. The number of quaternary nitrogens is 1. The van der Waals surface area contributed by atoms with Crippen LogP contribution in [0, 0.1) is 0 Å². The van der Waals surface area contributed by atoms with E-state index in [1.54, 1.807) is 0 Å². The van der Waals surface area contributed by atoms with Gasteiger partial charge in [-0.15, -0.1) is 0 Å². The van der Waals surface area contributed by atoms with E-state index in [1.165, 1.54) is 276 Å². The summed E-state index contributed by atoms with van der Waals surface area (Å²) in [5.74, 6) is -0.302. The molecule has 0 spiro atoms. The van der Waals surface area contributed by atoms with Gasteiger partial charge in [0.2, 0.25) is 0 Å². The van der Waals surface area contributed by atoms with E-state index in [0.29, 0.717) is 24.1 Å². The van der Waals surface area contributed by atoms with Crippen LogP contribution in [0.4, 0.5) is 0 Å². The molecule has 0 rings (SSSR count). The van der Waals surface area contributed by atoms with E-state index >= 15 is 0 Å². The summed E-state index contributed by atoms with van der Waals surface area (Å²) in [6, 6.07) is 0. The summed E-state index contributed by atoms with van der Waals surface area (Å²) >= 11 is 0. The standard InChI is InChI=1S/C61H124NO7P/c1-6-8-10-12-14-16-18-20-22-24-26-28-30-31-32-33-35-37-39-41-43-45-47-49-51-53-56-66-58-60(59-68-70(64,65)67-57-55-62(3,4)5)69-61(63)54-52-50-48-46-44-42-40-38-36-34-29-27-25-23-21-19-17-15-13-11-9-7-2/h60H,6-59H2,1-5H3/p+1. The summed E-state index contributed by atoms with van der Waals surface area (Å²) < 4.78 is 35.3. The van der Waals surface area contributed by atoms with Gasteiger partial charge in [0.15, 0.2) is 0 Å². The van der Waals surface area contributed by atoms with Crippen LogP contribution in [0.3, 0.4) is 0 Å². The third kappa shape index (κ3) is 58.4. The summed E-state index contributed by atoms with van der Waals surface area (Å²) in [5, 5.41) is 0. The average molecular weight is 1020 g/mol. The first-order valence-electron chi connectivity index (χ1n) is 31.3. The van der Waals surface area contributed by atoms with Crippen LogP contribution in [0.2, 0.25) is 0 Å². The molecule has 9 heteroatoms. The maximum atomic E-state index is 12.8. The number of rotatable bonds is 60. The van der Waals surface area contributed by atoms with Crippen molar-refractivity contribution in [3.05, 3.63) is 0 Å². The highest BCUT2D eigenvalue weighted by Crippen LogP contribution is 2.43. The molecule has 0 aromatic rings. The predicted octanol–water partition coefficient (Wildman–Crippen LogP) is 19.9. The molecule has 0 radical (unpaired) electrons. The maximum Gasteiger partial charge on any atom is 0.472 e. The molecule has 0 heterocycles. The minimum Gasteiger partial charge on any atom is -0.457 e. The molecule has 0 aliphatic carbocycles. The number of phosphoric acid groups is 1. The highest BCUT2D eigenvalue weighted by molar-refractivity contribution is 7.47.